The maximum absolute atomic E-state index is 12.3. The number of ether oxygens (including phenoxy) is 1. The lowest BCUT2D eigenvalue weighted by Crippen LogP contribution is -2.58. The van der Waals surface area contributed by atoms with Gasteiger partial charge in [0.2, 0.25) is 0 Å². The summed E-state index contributed by atoms with van der Waals surface area (Å²) < 4.78 is 5.79. The van der Waals surface area contributed by atoms with Crippen LogP contribution in [0.15, 0.2) is 6.07 Å². The van der Waals surface area contributed by atoms with E-state index in [0.29, 0.717) is 18.2 Å². The van der Waals surface area contributed by atoms with Gasteiger partial charge in [-0.25, -0.2) is 0 Å². The fourth-order valence-corrected chi connectivity index (χ4v) is 3.23. The first-order valence-electron chi connectivity index (χ1n) is 8.59. The Bertz CT molecular complexity index is 555. The van der Waals surface area contributed by atoms with Crippen molar-refractivity contribution in [1.29, 1.82) is 0 Å². The molecule has 1 saturated carbocycles. The smallest absolute Gasteiger partial charge is 0.271 e. The van der Waals surface area contributed by atoms with E-state index in [1.165, 1.54) is 12.8 Å². The van der Waals surface area contributed by atoms with Gasteiger partial charge in [-0.3, -0.25) is 14.8 Å². The number of nitrogens with one attached hydrogen (secondary N) is 2. The van der Waals surface area contributed by atoms with Gasteiger partial charge in [0.1, 0.15) is 5.69 Å². The lowest BCUT2D eigenvalue weighted by Gasteiger charge is -2.45. The van der Waals surface area contributed by atoms with Gasteiger partial charge in [0.05, 0.1) is 12.2 Å². The van der Waals surface area contributed by atoms with Gasteiger partial charge in [-0.05, 0) is 46.6 Å². The summed E-state index contributed by atoms with van der Waals surface area (Å²) in [4.78, 5) is 14.7. The monoisotopic (exact) mass is 320 g/mol. The molecule has 2 unspecified atom stereocenters. The molecule has 128 valence electrons. The molecule has 2 N–H and O–H groups in total. The summed E-state index contributed by atoms with van der Waals surface area (Å²) in [6.07, 6.45) is 2.84. The van der Waals surface area contributed by atoms with E-state index >= 15 is 0 Å². The Labute approximate surface area is 138 Å². The van der Waals surface area contributed by atoms with Crippen LogP contribution in [0.1, 0.15) is 62.6 Å². The molecular formula is C17H28N4O2. The molecule has 2 aliphatic rings. The molecule has 0 bridgehead atoms. The normalized spacial score (nSPS) is 26.3. The Morgan fingerprint density at radius 3 is 2.65 bits per heavy atom. The van der Waals surface area contributed by atoms with Crippen molar-refractivity contribution in [3.63, 3.8) is 0 Å². The van der Waals surface area contributed by atoms with Gasteiger partial charge in [0.25, 0.3) is 5.91 Å². The Hall–Kier alpha value is -1.40. The van der Waals surface area contributed by atoms with Crippen LogP contribution >= 0.6 is 0 Å². The molecule has 1 aromatic heterocycles. The quantitative estimate of drug-likeness (QED) is 0.869. The van der Waals surface area contributed by atoms with E-state index in [2.05, 4.69) is 48.1 Å². The molecule has 6 heteroatoms. The van der Waals surface area contributed by atoms with Gasteiger partial charge in [0.15, 0.2) is 0 Å². The zero-order valence-electron chi connectivity index (χ0n) is 14.6. The fraction of sp³-hybridized carbons (Fsp3) is 0.765. The molecule has 2 fully saturated rings. The number of carbonyl (C=O) groups excluding carboxylic acids is 1. The maximum atomic E-state index is 12.3. The first kappa shape index (κ1) is 16.5. The summed E-state index contributed by atoms with van der Waals surface area (Å²) in [6, 6.07) is 1.89. The average molecular weight is 320 g/mol. The third kappa shape index (κ3) is 3.93. The summed E-state index contributed by atoms with van der Waals surface area (Å²) in [6.45, 7) is 10.9. The highest BCUT2D eigenvalue weighted by Gasteiger charge is 2.33. The standard InChI is InChI=1S/C17H28N4O2/c1-11-8-21(9-12(2)23-11)17(3,4)10-18-16(22)15-7-14(19-20-15)13-5-6-13/h7,11-13H,5-6,8-10H2,1-4H3,(H,18,22)(H,19,20). The van der Waals surface area contributed by atoms with Gasteiger partial charge in [0, 0.05) is 36.8 Å². The molecule has 23 heavy (non-hydrogen) atoms. The summed E-state index contributed by atoms with van der Waals surface area (Å²) in [5.41, 5.74) is 1.47. The minimum Gasteiger partial charge on any atom is -0.373 e. The third-order valence-electron chi connectivity index (χ3n) is 4.80. The summed E-state index contributed by atoms with van der Waals surface area (Å²) >= 11 is 0. The number of carbonyl (C=O) groups is 1. The van der Waals surface area contributed by atoms with Crippen LogP contribution in [0.25, 0.3) is 0 Å². The van der Waals surface area contributed by atoms with Crippen LogP contribution < -0.4 is 5.32 Å². The lowest BCUT2D eigenvalue weighted by molar-refractivity contribution is -0.0948. The summed E-state index contributed by atoms with van der Waals surface area (Å²) in [7, 11) is 0. The Morgan fingerprint density at radius 2 is 2.04 bits per heavy atom. The van der Waals surface area contributed by atoms with Crippen molar-refractivity contribution in [1.82, 2.24) is 20.4 Å². The van der Waals surface area contributed by atoms with Gasteiger partial charge >= 0.3 is 0 Å². The highest BCUT2D eigenvalue weighted by Crippen LogP contribution is 2.38. The summed E-state index contributed by atoms with van der Waals surface area (Å²) in [5.74, 6) is 0.479. The molecule has 2 atom stereocenters. The number of H-pyrrole nitrogens is 1. The molecule has 1 aliphatic carbocycles. The van der Waals surface area contributed by atoms with E-state index in [9.17, 15) is 4.79 Å². The molecule has 1 saturated heterocycles. The Kier molecular flexibility index (Phi) is 4.47. The summed E-state index contributed by atoms with van der Waals surface area (Å²) in [5, 5.41) is 10.2. The fourth-order valence-electron chi connectivity index (χ4n) is 3.23. The highest BCUT2D eigenvalue weighted by molar-refractivity contribution is 5.92. The molecule has 1 amide bonds. The maximum Gasteiger partial charge on any atom is 0.271 e. The number of aromatic amines is 1. The van der Waals surface area contributed by atoms with E-state index < -0.39 is 0 Å². The number of rotatable bonds is 5. The van der Waals surface area contributed by atoms with Crippen LogP contribution in [-0.4, -0.2) is 58.4 Å². The first-order chi connectivity index (χ1) is 10.8. The van der Waals surface area contributed by atoms with Gasteiger partial charge in [-0.15, -0.1) is 0 Å². The van der Waals surface area contributed by atoms with E-state index in [1.54, 1.807) is 0 Å². The number of nitrogens with zero attached hydrogens (tertiary/aromatic N) is 2. The third-order valence-corrected chi connectivity index (χ3v) is 4.80. The van der Waals surface area contributed by atoms with Gasteiger partial charge in [-0.2, -0.15) is 5.10 Å². The molecule has 0 spiro atoms. The van der Waals surface area contributed by atoms with Crippen LogP contribution in [0.5, 0.6) is 0 Å². The highest BCUT2D eigenvalue weighted by atomic mass is 16.5. The van der Waals surface area contributed by atoms with Crippen LogP contribution in [0.4, 0.5) is 0 Å². The van der Waals surface area contributed by atoms with Crippen LogP contribution in [0.2, 0.25) is 0 Å². The molecular weight excluding hydrogens is 292 g/mol. The average Bonchev–Trinajstić information content (AvgIpc) is 3.21. The molecule has 1 aromatic rings. The Balaban J connectivity index is 1.55. The van der Waals surface area contributed by atoms with Crippen molar-refractivity contribution in [2.45, 2.75) is 64.2 Å². The minimum absolute atomic E-state index is 0.101. The second-order valence-electron chi connectivity index (χ2n) is 7.64. The van der Waals surface area contributed by atoms with Crippen molar-refractivity contribution < 1.29 is 9.53 Å². The van der Waals surface area contributed by atoms with Gasteiger partial charge < -0.3 is 10.1 Å². The van der Waals surface area contributed by atoms with E-state index in [0.717, 1.165) is 18.8 Å². The van der Waals surface area contributed by atoms with E-state index in [4.69, 9.17) is 4.74 Å². The van der Waals surface area contributed by atoms with Crippen LogP contribution in [-0.2, 0) is 4.74 Å². The second kappa shape index (κ2) is 6.24. The van der Waals surface area contributed by atoms with Crippen molar-refractivity contribution in [2.75, 3.05) is 19.6 Å². The van der Waals surface area contributed by atoms with Crippen molar-refractivity contribution in [3.8, 4) is 0 Å². The number of aromatic nitrogens is 2. The topological polar surface area (TPSA) is 70.2 Å². The Morgan fingerprint density at radius 1 is 1.39 bits per heavy atom. The van der Waals surface area contributed by atoms with Crippen LogP contribution in [0, 0.1) is 0 Å². The molecule has 6 nitrogen and oxygen atoms in total. The number of morpholine rings is 1. The zero-order chi connectivity index (χ0) is 16.6. The molecule has 3 rings (SSSR count). The van der Waals surface area contributed by atoms with E-state index in [-0.39, 0.29) is 23.7 Å². The van der Waals surface area contributed by atoms with E-state index in [1.807, 2.05) is 6.07 Å². The van der Waals surface area contributed by atoms with Crippen molar-refractivity contribution in [3.05, 3.63) is 17.5 Å². The van der Waals surface area contributed by atoms with Crippen molar-refractivity contribution >= 4 is 5.91 Å². The van der Waals surface area contributed by atoms with Gasteiger partial charge in [-0.1, -0.05) is 0 Å². The molecule has 0 aromatic carbocycles. The second-order valence-corrected chi connectivity index (χ2v) is 7.64. The molecule has 2 heterocycles. The SMILES string of the molecule is CC1CN(C(C)(C)CNC(=O)c2cc(C3CC3)[nH]n2)CC(C)O1. The lowest BCUT2D eigenvalue weighted by atomic mass is 10.00. The number of amides is 1. The minimum atomic E-state index is -0.114. The zero-order valence-corrected chi connectivity index (χ0v) is 14.6. The largest absolute Gasteiger partial charge is 0.373 e. The first-order valence-corrected chi connectivity index (χ1v) is 8.59. The number of hydrogen-bond donors (Lipinski definition) is 2. The number of hydrogen-bond acceptors (Lipinski definition) is 4. The predicted octanol–water partition coefficient (Wildman–Crippen LogP) is 1.90. The molecule has 1 aliphatic heterocycles. The van der Waals surface area contributed by atoms with Crippen LogP contribution in [0.3, 0.4) is 0 Å². The predicted molar refractivity (Wildman–Crippen MR) is 88.6 cm³/mol. The van der Waals surface area contributed by atoms with Crippen molar-refractivity contribution in [2.24, 2.45) is 0 Å². The molecule has 0 radical (unpaired) electrons.